The number of thioether (sulfide) groups is 1. The molecule has 1 aromatic heterocycles. The second-order valence-corrected chi connectivity index (χ2v) is 9.19. The van der Waals surface area contributed by atoms with Gasteiger partial charge in [-0.25, -0.2) is 0 Å². The molecule has 2 aliphatic heterocycles. The maximum Gasteiger partial charge on any atom is 0.294 e. The van der Waals surface area contributed by atoms with Crippen molar-refractivity contribution in [1.82, 2.24) is 14.8 Å². The molecule has 31 heavy (non-hydrogen) atoms. The molecule has 1 N–H and O–H groups in total. The largest absolute Gasteiger partial charge is 0.376 e. The van der Waals surface area contributed by atoms with Crippen molar-refractivity contribution in [3.63, 3.8) is 0 Å². The summed E-state index contributed by atoms with van der Waals surface area (Å²) < 4.78 is 8.26. The van der Waals surface area contributed by atoms with Crippen LogP contribution in [0.4, 0.5) is 4.79 Å². The molecule has 3 amide bonds. The zero-order valence-electron chi connectivity index (χ0n) is 16.6. The van der Waals surface area contributed by atoms with Crippen LogP contribution in [0.1, 0.15) is 18.4 Å². The number of halogens is 1. The zero-order chi connectivity index (χ0) is 22.0. The number of aromatic nitrogens is 1. The molecule has 2 aliphatic rings. The van der Waals surface area contributed by atoms with Crippen LogP contribution >= 0.6 is 27.7 Å². The van der Waals surface area contributed by atoms with Gasteiger partial charge in [0.25, 0.3) is 11.1 Å². The molecule has 2 saturated heterocycles. The van der Waals surface area contributed by atoms with E-state index in [1.807, 2.05) is 29.0 Å². The molecule has 1 atom stereocenters. The third-order valence-electron chi connectivity index (χ3n) is 5.15. The van der Waals surface area contributed by atoms with Crippen molar-refractivity contribution in [3.05, 3.63) is 39.3 Å². The Kier molecular flexibility index (Phi) is 6.51. The predicted molar refractivity (Wildman–Crippen MR) is 123 cm³/mol. The lowest BCUT2D eigenvalue weighted by Gasteiger charge is -2.11. The Morgan fingerprint density at radius 3 is 3.00 bits per heavy atom. The molecule has 9 heteroatoms. The minimum atomic E-state index is -0.404. The van der Waals surface area contributed by atoms with E-state index in [0.717, 1.165) is 57.0 Å². The Morgan fingerprint density at radius 1 is 1.42 bits per heavy atom. The molecular formula is C22H20BrN3O4S. The van der Waals surface area contributed by atoms with Crippen LogP contribution in [0.15, 0.2) is 33.8 Å². The van der Waals surface area contributed by atoms with Crippen molar-refractivity contribution < 1.29 is 19.1 Å². The summed E-state index contributed by atoms with van der Waals surface area (Å²) in [6.45, 7) is 1.32. The number of benzene rings is 1. The molecular weight excluding hydrogens is 482 g/mol. The van der Waals surface area contributed by atoms with Gasteiger partial charge in [-0.1, -0.05) is 21.9 Å². The molecule has 2 aromatic rings. The average Bonchev–Trinajstić information content (AvgIpc) is 3.43. The lowest BCUT2D eigenvalue weighted by atomic mass is 10.1. The van der Waals surface area contributed by atoms with Gasteiger partial charge in [0.15, 0.2) is 0 Å². The molecule has 4 rings (SSSR count). The Balaban J connectivity index is 1.59. The number of carbonyl (C=O) groups is 3. The first-order valence-corrected chi connectivity index (χ1v) is 11.4. The van der Waals surface area contributed by atoms with Crippen LogP contribution in [-0.2, 0) is 20.9 Å². The third kappa shape index (κ3) is 4.71. The molecule has 1 aromatic carbocycles. The molecule has 0 bridgehead atoms. The molecule has 0 saturated carbocycles. The lowest BCUT2D eigenvalue weighted by Crippen LogP contribution is -2.34. The van der Waals surface area contributed by atoms with Gasteiger partial charge in [-0.2, -0.15) is 0 Å². The molecule has 3 heterocycles. The van der Waals surface area contributed by atoms with Crippen molar-refractivity contribution in [2.45, 2.75) is 25.5 Å². The van der Waals surface area contributed by atoms with Crippen molar-refractivity contribution in [1.29, 1.82) is 0 Å². The van der Waals surface area contributed by atoms with E-state index in [9.17, 15) is 14.4 Å². The highest BCUT2D eigenvalue weighted by Crippen LogP contribution is 2.34. The first kappa shape index (κ1) is 21.7. The highest BCUT2D eigenvalue weighted by molar-refractivity contribution is 9.10. The van der Waals surface area contributed by atoms with E-state index in [0.29, 0.717) is 11.4 Å². The Hall–Kier alpha value is -2.54. The quantitative estimate of drug-likeness (QED) is 0.484. The Bertz CT molecular complexity index is 1130. The van der Waals surface area contributed by atoms with Crippen molar-refractivity contribution in [2.24, 2.45) is 0 Å². The molecule has 0 aliphatic carbocycles. The Labute approximate surface area is 192 Å². The van der Waals surface area contributed by atoms with Crippen LogP contribution < -0.4 is 5.32 Å². The van der Waals surface area contributed by atoms with Gasteiger partial charge in [-0.05, 0) is 48.9 Å². The monoisotopic (exact) mass is 501 g/mol. The van der Waals surface area contributed by atoms with Crippen molar-refractivity contribution >= 4 is 61.7 Å². The van der Waals surface area contributed by atoms with E-state index >= 15 is 0 Å². The second-order valence-electron chi connectivity index (χ2n) is 7.28. The number of rotatable bonds is 6. The summed E-state index contributed by atoms with van der Waals surface area (Å²) in [5, 5.41) is 3.41. The number of ether oxygens (including phenoxy) is 1. The summed E-state index contributed by atoms with van der Waals surface area (Å²) in [6.07, 6.45) is 10.8. The summed E-state index contributed by atoms with van der Waals surface area (Å²) in [4.78, 5) is 38.5. The SMILES string of the molecule is C#CCN1C(=O)S/C(=C\c2cn(CC(=O)NC[C@H]3CCCO3)c3ccc(Br)cc23)C1=O. The van der Waals surface area contributed by atoms with E-state index in [1.54, 1.807) is 6.08 Å². The summed E-state index contributed by atoms with van der Waals surface area (Å²) >= 11 is 4.34. The zero-order valence-corrected chi connectivity index (χ0v) is 19.0. The maximum atomic E-state index is 12.5. The second kappa shape index (κ2) is 9.30. The summed E-state index contributed by atoms with van der Waals surface area (Å²) in [5.74, 6) is 1.81. The first-order chi connectivity index (χ1) is 15.0. The summed E-state index contributed by atoms with van der Waals surface area (Å²) in [7, 11) is 0. The van der Waals surface area contributed by atoms with E-state index in [4.69, 9.17) is 11.2 Å². The number of nitrogens with one attached hydrogen (secondary N) is 1. The minimum Gasteiger partial charge on any atom is -0.376 e. The summed E-state index contributed by atoms with van der Waals surface area (Å²) in [5.41, 5.74) is 1.60. The first-order valence-electron chi connectivity index (χ1n) is 9.82. The van der Waals surface area contributed by atoms with Crippen LogP contribution in [0.3, 0.4) is 0 Å². The number of hydrogen-bond donors (Lipinski definition) is 1. The number of nitrogens with zero attached hydrogens (tertiary/aromatic N) is 2. The third-order valence-corrected chi connectivity index (χ3v) is 6.55. The molecule has 0 unspecified atom stereocenters. The minimum absolute atomic E-state index is 0.0554. The average molecular weight is 502 g/mol. The number of amides is 3. The van der Waals surface area contributed by atoms with Crippen LogP contribution in [-0.4, -0.2) is 52.3 Å². The molecule has 2 fully saturated rings. The molecule has 0 spiro atoms. The highest BCUT2D eigenvalue weighted by Gasteiger charge is 2.34. The fourth-order valence-corrected chi connectivity index (χ4v) is 4.85. The van der Waals surface area contributed by atoms with Crippen LogP contribution in [0.2, 0.25) is 0 Å². The van der Waals surface area contributed by atoms with Crippen molar-refractivity contribution in [2.75, 3.05) is 19.7 Å². The van der Waals surface area contributed by atoms with Crippen LogP contribution in [0, 0.1) is 12.3 Å². The van der Waals surface area contributed by atoms with Gasteiger partial charge in [-0.15, -0.1) is 6.42 Å². The van der Waals surface area contributed by atoms with E-state index in [-0.39, 0.29) is 30.3 Å². The normalized spacial score (nSPS) is 20.1. The standard InChI is InChI=1S/C22H20BrN3O4S/c1-2-7-26-21(28)19(31-22(26)29)9-14-12-25(18-6-5-15(23)10-17(14)18)13-20(27)24-11-16-4-3-8-30-16/h1,5-6,9-10,12,16H,3-4,7-8,11,13H2,(H,24,27)/b19-9-/t16-/m1/s1. The van der Waals surface area contributed by atoms with E-state index in [2.05, 4.69) is 27.2 Å². The fraction of sp³-hybridized carbons (Fsp3) is 0.318. The molecule has 0 radical (unpaired) electrons. The van der Waals surface area contributed by atoms with E-state index in [1.165, 1.54) is 0 Å². The highest BCUT2D eigenvalue weighted by atomic mass is 79.9. The van der Waals surface area contributed by atoms with Gasteiger partial charge in [-0.3, -0.25) is 19.3 Å². The smallest absolute Gasteiger partial charge is 0.294 e. The van der Waals surface area contributed by atoms with Crippen LogP contribution in [0.5, 0.6) is 0 Å². The number of terminal acetylenes is 1. The molecule has 7 nitrogen and oxygen atoms in total. The van der Waals surface area contributed by atoms with Gasteiger partial charge in [0.05, 0.1) is 17.6 Å². The maximum absolute atomic E-state index is 12.5. The predicted octanol–water partition coefficient (Wildman–Crippen LogP) is 3.37. The van der Waals surface area contributed by atoms with Gasteiger partial charge in [0, 0.05) is 40.3 Å². The van der Waals surface area contributed by atoms with Gasteiger partial charge in [0.1, 0.15) is 6.54 Å². The van der Waals surface area contributed by atoms with Gasteiger partial charge < -0.3 is 14.6 Å². The fourth-order valence-electron chi connectivity index (χ4n) is 3.66. The Morgan fingerprint density at radius 2 is 2.26 bits per heavy atom. The van der Waals surface area contributed by atoms with Crippen molar-refractivity contribution in [3.8, 4) is 12.3 Å². The number of imide groups is 1. The number of carbonyl (C=O) groups excluding carboxylic acids is 3. The summed E-state index contributed by atoms with van der Waals surface area (Å²) in [6, 6.07) is 5.73. The lowest BCUT2D eigenvalue weighted by molar-refractivity contribution is -0.123. The molecule has 160 valence electrons. The van der Waals surface area contributed by atoms with E-state index < -0.39 is 5.91 Å². The number of fused-ring (bicyclic) bond motifs is 1. The van der Waals surface area contributed by atoms with Crippen LogP contribution in [0.25, 0.3) is 17.0 Å². The van der Waals surface area contributed by atoms with Gasteiger partial charge in [0.2, 0.25) is 5.91 Å². The number of hydrogen-bond acceptors (Lipinski definition) is 5. The van der Waals surface area contributed by atoms with Gasteiger partial charge >= 0.3 is 0 Å². The topological polar surface area (TPSA) is 80.6 Å².